The summed E-state index contributed by atoms with van der Waals surface area (Å²) in [7, 11) is -3.07. The van der Waals surface area contributed by atoms with Crippen molar-refractivity contribution < 1.29 is 13.2 Å². The third kappa shape index (κ3) is 3.12. The second kappa shape index (κ2) is 5.05. The van der Waals surface area contributed by atoms with Crippen molar-refractivity contribution >= 4 is 27.0 Å². The number of aryl methyl sites for hydroxylation is 1. The van der Waals surface area contributed by atoms with Crippen molar-refractivity contribution in [1.29, 1.82) is 0 Å². The van der Waals surface area contributed by atoms with E-state index < -0.39 is 9.84 Å². The lowest BCUT2D eigenvalue weighted by molar-refractivity contribution is 0.102. The number of nitrogens with zero attached hydrogens (tertiary/aromatic N) is 1. The van der Waals surface area contributed by atoms with E-state index in [-0.39, 0.29) is 17.3 Å². The molecule has 0 aliphatic carbocycles. The molecule has 0 fully saturated rings. The zero-order valence-corrected chi connectivity index (χ0v) is 11.2. The lowest BCUT2D eigenvalue weighted by Gasteiger charge is -1.95. The van der Waals surface area contributed by atoms with Gasteiger partial charge >= 0.3 is 0 Å². The van der Waals surface area contributed by atoms with Gasteiger partial charge in [0.05, 0.1) is 10.6 Å². The molecule has 16 heavy (non-hydrogen) atoms. The van der Waals surface area contributed by atoms with Crippen LogP contribution in [0.1, 0.15) is 41.1 Å². The highest BCUT2D eigenvalue weighted by Crippen LogP contribution is 2.21. The first kappa shape index (κ1) is 13.3. The molecule has 0 saturated heterocycles. The topological polar surface area (TPSA) is 64.1 Å². The van der Waals surface area contributed by atoms with E-state index in [0.29, 0.717) is 22.0 Å². The highest BCUT2D eigenvalue weighted by Gasteiger charge is 2.17. The number of hydrogen-bond acceptors (Lipinski definition) is 5. The van der Waals surface area contributed by atoms with E-state index in [0.717, 1.165) is 0 Å². The zero-order valence-electron chi connectivity index (χ0n) is 9.61. The van der Waals surface area contributed by atoms with E-state index in [4.69, 9.17) is 0 Å². The van der Waals surface area contributed by atoms with Gasteiger partial charge in [0.15, 0.2) is 15.6 Å². The lowest BCUT2D eigenvalue weighted by atomic mass is 10.2. The van der Waals surface area contributed by atoms with Crippen molar-refractivity contribution in [2.75, 3.05) is 5.75 Å². The molecule has 0 saturated carbocycles. The van der Waals surface area contributed by atoms with Crippen LogP contribution < -0.4 is 0 Å². The average Bonchev–Trinajstić information content (AvgIpc) is 2.60. The van der Waals surface area contributed by atoms with Crippen LogP contribution >= 0.6 is 11.3 Å². The second-order valence-corrected chi connectivity index (χ2v) is 6.91. The minimum atomic E-state index is -3.07. The summed E-state index contributed by atoms with van der Waals surface area (Å²) in [6.45, 7) is 4.99. The van der Waals surface area contributed by atoms with Crippen molar-refractivity contribution in [3.05, 3.63) is 15.6 Å². The molecule has 0 N–H and O–H groups in total. The SMILES string of the molecule is CCc1nc(CS(=O)(=O)CC)sc1C(C)=O. The average molecular weight is 261 g/mol. The van der Waals surface area contributed by atoms with Crippen molar-refractivity contribution in [3.63, 3.8) is 0 Å². The van der Waals surface area contributed by atoms with Gasteiger partial charge in [0.25, 0.3) is 0 Å². The summed E-state index contributed by atoms with van der Waals surface area (Å²) >= 11 is 1.19. The maximum Gasteiger partial charge on any atom is 0.171 e. The molecule has 0 spiro atoms. The summed E-state index contributed by atoms with van der Waals surface area (Å²) < 4.78 is 22.9. The molecule has 0 atom stereocenters. The fourth-order valence-electron chi connectivity index (χ4n) is 1.27. The number of carbonyl (C=O) groups excluding carboxylic acids is 1. The Kier molecular flexibility index (Phi) is 4.21. The Hall–Kier alpha value is -0.750. The number of sulfone groups is 1. The first-order valence-electron chi connectivity index (χ1n) is 5.09. The molecule has 1 heterocycles. The van der Waals surface area contributed by atoms with E-state index in [1.54, 1.807) is 6.92 Å². The lowest BCUT2D eigenvalue weighted by Crippen LogP contribution is -2.06. The van der Waals surface area contributed by atoms with Gasteiger partial charge < -0.3 is 0 Å². The normalized spacial score (nSPS) is 11.7. The first-order valence-corrected chi connectivity index (χ1v) is 7.73. The quantitative estimate of drug-likeness (QED) is 0.759. The van der Waals surface area contributed by atoms with Crippen LogP contribution in [0.25, 0.3) is 0 Å². The fourth-order valence-corrected chi connectivity index (χ4v) is 3.53. The van der Waals surface area contributed by atoms with E-state index in [2.05, 4.69) is 4.98 Å². The van der Waals surface area contributed by atoms with Crippen LogP contribution in [-0.2, 0) is 22.0 Å². The number of ketones is 1. The maximum absolute atomic E-state index is 11.4. The maximum atomic E-state index is 11.4. The largest absolute Gasteiger partial charge is 0.294 e. The Labute approximate surface area is 99.6 Å². The van der Waals surface area contributed by atoms with Gasteiger partial charge in [-0.2, -0.15) is 0 Å². The number of aromatic nitrogens is 1. The van der Waals surface area contributed by atoms with E-state index in [1.165, 1.54) is 18.3 Å². The smallest absolute Gasteiger partial charge is 0.171 e. The molecule has 0 bridgehead atoms. The molecule has 0 aromatic carbocycles. The molecule has 0 aliphatic rings. The predicted octanol–water partition coefficient (Wildman–Crippen LogP) is 1.84. The van der Waals surface area contributed by atoms with E-state index >= 15 is 0 Å². The molecule has 0 aliphatic heterocycles. The summed E-state index contributed by atoms with van der Waals surface area (Å²) in [5.41, 5.74) is 0.707. The van der Waals surface area contributed by atoms with Crippen LogP contribution in [0.15, 0.2) is 0 Å². The molecular formula is C10H15NO3S2. The number of hydrogen-bond donors (Lipinski definition) is 0. The van der Waals surface area contributed by atoms with Crippen LogP contribution in [0.2, 0.25) is 0 Å². The summed E-state index contributed by atoms with van der Waals surface area (Å²) in [5.74, 6) is -0.00719. The Morgan fingerprint density at radius 3 is 2.38 bits per heavy atom. The van der Waals surface area contributed by atoms with Crippen LogP contribution in [0.5, 0.6) is 0 Å². The molecular weight excluding hydrogens is 246 g/mol. The molecule has 6 heteroatoms. The van der Waals surface area contributed by atoms with Gasteiger partial charge in [0.2, 0.25) is 0 Å². The number of rotatable bonds is 5. The van der Waals surface area contributed by atoms with Crippen molar-refractivity contribution in [1.82, 2.24) is 4.98 Å². The Morgan fingerprint density at radius 2 is 2.00 bits per heavy atom. The predicted molar refractivity (Wildman–Crippen MR) is 64.7 cm³/mol. The number of Topliss-reactive ketones (excluding diaryl/α,β-unsaturated/α-hetero) is 1. The molecule has 4 nitrogen and oxygen atoms in total. The Bertz CT molecular complexity index is 488. The molecule has 0 radical (unpaired) electrons. The molecule has 1 aromatic heterocycles. The van der Waals surface area contributed by atoms with Crippen molar-refractivity contribution in [2.45, 2.75) is 32.9 Å². The van der Waals surface area contributed by atoms with E-state index in [9.17, 15) is 13.2 Å². The third-order valence-corrected chi connectivity index (χ3v) is 5.15. The van der Waals surface area contributed by atoms with Crippen LogP contribution in [-0.4, -0.2) is 24.9 Å². The van der Waals surface area contributed by atoms with Gasteiger partial charge in [-0.25, -0.2) is 13.4 Å². The molecule has 1 aromatic rings. The van der Waals surface area contributed by atoms with Gasteiger partial charge in [-0.1, -0.05) is 13.8 Å². The summed E-state index contributed by atoms with van der Waals surface area (Å²) in [5, 5.41) is 0.518. The monoisotopic (exact) mass is 261 g/mol. The van der Waals surface area contributed by atoms with Gasteiger partial charge in [0, 0.05) is 12.7 Å². The first-order chi connectivity index (χ1) is 7.39. The second-order valence-electron chi connectivity index (χ2n) is 3.47. The standard InChI is InChI=1S/C10H15NO3S2/c1-4-8-10(7(3)12)15-9(11-8)6-16(13,14)5-2/h4-6H2,1-3H3. The molecule has 0 amide bonds. The van der Waals surface area contributed by atoms with Gasteiger partial charge in [0.1, 0.15) is 10.8 Å². The van der Waals surface area contributed by atoms with Crippen molar-refractivity contribution in [3.8, 4) is 0 Å². The van der Waals surface area contributed by atoms with Crippen LogP contribution in [0.3, 0.4) is 0 Å². The zero-order chi connectivity index (χ0) is 12.3. The highest BCUT2D eigenvalue weighted by atomic mass is 32.2. The highest BCUT2D eigenvalue weighted by molar-refractivity contribution is 7.90. The third-order valence-electron chi connectivity index (χ3n) is 2.18. The summed E-state index contributed by atoms with van der Waals surface area (Å²) in [4.78, 5) is 16.1. The van der Waals surface area contributed by atoms with Crippen molar-refractivity contribution in [2.24, 2.45) is 0 Å². The minimum Gasteiger partial charge on any atom is -0.294 e. The van der Waals surface area contributed by atoms with Crippen LogP contribution in [0, 0.1) is 0 Å². The van der Waals surface area contributed by atoms with E-state index in [1.807, 2.05) is 6.92 Å². The van der Waals surface area contributed by atoms with Crippen LogP contribution in [0.4, 0.5) is 0 Å². The molecule has 90 valence electrons. The fraction of sp³-hybridized carbons (Fsp3) is 0.600. The molecule has 1 rings (SSSR count). The van der Waals surface area contributed by atoms with Gasteiger partial charge in [-0.15, -0.1) is 11.3 Å². The van der Waals surface area contributed by atoms with Gasteiger partial charge in [-0.3, -0.25) is 4.79 Å². The minimum absolute atomic E-state index is 0.0468. The summed E-state index contributed by atoms with van der Waals surface area (Å²) in [6.07, 6.45) is 0.650. The van der Waals surface area contributed by atoms with Gasteiger partial charge in [-0.05, 0) is 6.42 Å². The number of carbonyl (C=O) groups is 1. The molecule has 0 unspecified atom stereocenters. The summed E-state index contributed by atoms with van der Waals surface area (Å²) in [6, 6.07) is 0. The Balaban J connectivity index is 3.05. The number of thiazole rings is 1. The Morgan fingerprint density at radius 1 is 1.38 bits per heavy atom.